The van der Waals surface area contributed by atoms with E-state index in [1.54, 1.807) is 0 Å². The molecule has 0 N–H and O–H groups in total. The maximum atomic E-state index is 5.64. The molecule has 0 rings (SSSR count). The zero-order chi connectivity index (χ0) is 9.12. The molecule has 0 aliphatic heterocycles. The molecule has 68 valence electrons. The van der Waals surface area contributed by atoms with Crippen LogP contribution < -0.4 is 0 Å². The minimum atomic E-state index is -2.91. The van der Waals surface area contributed by atoms with Gasteiger partial charge in [0.2, 0.25) is 0 Å². The first-order valence-electron chi connectivity index (χ1n) is 2.41. The van der Waals surface area contributed by atoms with Crippen LogP contribution in [0.15, 0.2) is 0 Å². The third-order valence-corrected chi connectivity index (χ3v) is 11.9. The molecule has 0 aliphatic carbocycles. The van der Waals surface area contributed by atoms with Crippen LogP contribution in [-0.2, 0) is 4.12 Å². The summed E-state index contributed by atoms with van der Waals surface area (Å²) in [6.07, 6.45) is 0. The predicted octanol–water partition coefficient (Wildman–Crippen LogP) is 3.39. The van der Waals surface area contributed by atoms with Crippen molar-refractivity contribution in [3.8, 4) is 0 Å². The maximum Gasteiger partial charge on any atom is 0.396 e. The molecule has 1 nitrogen and oxygen atoms in total. The van der Waals surface area contributed by atoms with Gasteiger partial charge in [0.05, 0.1) is 11.0 Å². The lowest BCUT2D eigenvalue weighted by molar-refractivity contribution is 0.615. The van der Waals surface area contributed by atoms with E-state index in [1.165, 1.54) is 0 Å². The Kier molecular flexibility index (Phi) is 6.12. The molecule has 0 aromatic carbocycles. The number of rotatable bonds is 4. The summed E-state index contributed by atoms with van der Waals surface area (Å²) in [7, 11) is 0. The number of hydrogen-bond acceptors (Lipinski definition) is 1. The van der Waals surface area contributed by atoms with Gasteiger partial charge >= 0.3 is 13.9 Å². The van der Waals surface area contributed by atoms with E-state index in [0.29, 0.717) is 0 Å². The van der Waals surface area contributed by atoms with E-state index < -0.39 is 13.9 Å². The number of hydrogen-bond donors (Lipinski definition) is 0. The summed E-state index contributed by atoms with van der Waals surface area (Å²) in [5.74, 6) is 0. The summed E-state index contributed by atoms with van der Waals surface area (Å²) >= 11 is 33.3. The second-order valence-corrected chi connectivity index (χ2v) is 15.6. The standard InChI is InChI=1S/C2H4Cl6OSi2/c3-1-10(5,6)9-11(7,8)2-4/h1-2H2. The highest BCUT2D eigenvalue weighted by atomic mass is 35.7. The Bertz CT molecular complexity index is 114. The Morgan fingerprint density at radius 2 is 1.09 bits per heavy atom. The van der Waals surface area contributed by atoms with Crippen LogP contribution in [0, 0.1) is 0 Å². The number of halogens is 6. The molecule has 0 aromatic rings. The first-order chi connectivity index (χ1) is 4.83. The molecule has 0 fully saturated rings. The lowest BCUT2D eigenvalue weighted by atomic mass is 11.9. The molecular formula is C2H4Cl6OSi2. The van der Waals surface area contributed by atoms with Gasteiger partial charge in [0, 0.05) is 0 Å². The number of alkyl halides is 2. The molecular weight excluding hydrogens is 309 g/mol. The first-order valence-corrected chi connectivity index (χ1v) is 11.8. The van der Waals surface area contributed by atoms with E-state index in [2.05, 4.69) is 0 Å². The van der Waals surface area contributed by atoms with E-state index >= 15 is 0 Å². The van der Waals surface area contributed by atoms with Crippen LogP contribution in [0.3, 0.4) is 0 Å². The average Bonchev–Trinajstić information content (AvgIpc) is 1.86. The van der Waals surface area contributed by atoms with Gasteiger partial charge in [-0.25, -0.2) is 0 Å². The monoisotopic (exact) mass is 310 g/mol. The Hall–Kier alpha value is 2.13. The van der Waals surface area contributed by atoms with Gasteiger partial charge in [-0.15, -0.1) is 67.5 Å². The van der Waals surface area contributed by atoms with E-state index in [9.17, 15) is 0 Å². The fraction of sp³-hybridized carbons (Fsp3) is 1.00. The summed E-state index contributed by atoms with van der Waals surface area (Å²) < 4.78 is 5.00. The molecule has 0 saturated carbocycles. The summed E-state index contributed by atoms with van der Waals surface area (Å²) in [5.41, 5.74) is 0.0301. The molecule has 0 spiro atoms. The second-order valence-electron chi connectivity index (χ2n) is 1.64. The predicted molar refractivity (Wildman–Crippen MR) is 57.4 cm³/mol. The van der Waals surface area contributed by atoms with Crippen molar-refractivity contribution in [2.45, 2.75) is 0 Å². The topological polar surface area (TPSA) is 9.23 Å². The maximum absolute atomic E-state index is 5.64. The summed E-state index contributed by atoms with van der Waals surface area (Å²) in [6, 6.07) is 0. The minimum Gasteiger partial charge on any atom is -0.409 e. The first kappa shape index (κ1) is 13.1. The summed E-state index contributed by atoms with van der Waals surface area (Å²) in [6.45, 7) is -5.82. The molecule has 9 heteroatoms. The molecule has 0 amide bonds. The van der Waals surface area contributed by atoms with Crippen molar-refractivity contribution in [1.82, 2.24) is 0 Å². The van der Waals surface area contributed by atoms with Gasteiger partial charge < -0.3 is 4.12 Å². The Labute approximate surface area is 95.9 Å². The summed E-state index contributed by atoms with van der Waals surface area (Å²) in [5, 5.41) is 0. The van der Waals surface area contributed by atoms with Gasteiger partial charge in [-0.3, -0.25) is 0 Å². The molecule has 0 unspecified atom stereocenters. The molecule has 11 heavy (non-hydrogen) atoms. The van der Waals surface area contributed by atoms with Gasteiger partial charge in [-0.05, 0) is 0 Å². The smallest absolute Gasteiger partial charge is 0.396 e. The second kappa shape index (κ2) is 5.12. The van der Waals surface area contributed by atoms with Gasteiger partial charge in [0.1, 0.15) is 0 Å². The highest BCUT2D eigenvalue weighted by Gasteiger charge is 2.42. The van der Waals surface area contributed by atoms with E-state index in [-0.39, 0.29) is 11.0 Å². The third-order valence-electron chi connectivity index (χ3n) is 0.610. The lowest BCUT2D eigenvalue weighted by Crippen LogP contribution is -2.41. The van der Waals surface area contributed by atoms with Gasteiger partial charge in [-0.1, -0.05) is 0 Å². The molecule has 0 saturated heterocycles. The van der Waals surface area contributed by atoms with Crippen molar-refractivity contribution < 1.29 is 4.12 Å². The van der Waals surface area contributed by atoms with Crippen molar-refractivity contribution in [2.24, 2.45) is 0 Å². The van der Waals surface area contributed by atoms with E-state index in [4.69, 9.17) is 71.6 Å². The molecule has 0 atom stereocenters. The highest BCUT2D eigenvalue weighted by Crippen LogP contribution is 2.28. The van der Waals surface area contributed by atoms with Crippen LogP contribution in [0.2, 0.25) is 0 Å². The van der Waals surface area contributed by atoms with Crippen molar-refractivity contribution in [2.75, 3.05) is 11.0 Å². The minimum absolute atomic E-state index is 0.0151. The molecule has 0 heterocycles. The molecule has 0 radical (unpaired) electrons. The third kappa shape index (κ3) is 6.24. The van der Waals surface area contributed by atoms with Crippen molar-refractivity contribution in [1.29, 1.82) is 0 Å². The fourth-order valence-electron chi connectivity index (χ4n) is 0.273. The van der Waals surface area contributed by atoms with Crippen molar-refractivity contribution in [3.63, 3.8) is 0 Å². The molecule has 0 aliphatic rings. The summed E-state index contributed by atoms with van der Waals surface area (Å²) in [4.78, 5) is 0. The van der Waals surface area contributed by atoms with Crippen LogP contribution in [0.25, 0.3) is 0 Å². The Balaban J connectivity index is 4.02. The van der Waals surface area contributed by atoms with E-state index in [0.717, 1.165) is 0 Å². The van der Waals surface area contributed by atoms with Crippen LogP contribution in [0.4, 0.5) is 0 Å². The van der Waals surface area contributed by atoms with Crippen LogP contribution in [0.1, 0.15) is 0 Å². The lowest BCUT2D eigenvalue weighted by Gasteiger charge is -2.21. The quantitative estimate of drug-likeness (QED) is 0.439. The van der Waals surface area contributed by atoms with Crippen LogP contribution in [0.5, 0.6) is 0 Å². The fourth-order valence-corrected chi connectivity index (χ4v) is 9.60. The van der Waals surface area contributed by atoms with Gasteiger partial charge in [0.25, 0.3) is 0 Å². The SMILES string of the molecule is ClC[Si](Cl)(Cl)O[Si](Cl)(Cl)CCl. The van der Waals surface area contributed by atoms with Gasteiger partial charge in [-0.2, -0.15) is 0 Å². The van der Waals surface area contributed by atoms with Crippen molar-refractivity contribution in [3.05, 3.63) is 0 Å². The average molecular weight is 313 g/mol. The molecule has 0 aromatic heterocycles. The highest BCUT2D eigenvalue weighted by molar-refractivity contribution is 7.52. The zero-order valence-electron chi connectivity index (χ0n) is 5.09. The Morgan fingerprint density at radius 1 is 0.818 bits per heavy atom. The normalized spacial score (nSPS) is 13.6. The Morgan fingerprint density at radius 3 is 1.27 bits per heavy atom. The van der Waals surface area contributed by atoms with Crippen LogP contribution in [-0.4, -0.2) is 24.9 Å². The largest absolute Gasteiger partial charge is 0.409 e. The van der Waals surface area contributed by atoms with Crippen LogP contribution >= 0.6 is 67.5 Å². The van der Waals surface area contributed by atoms with Gasteiger partial charge in [0.15, 0.2) is 0 Å². The molecule has 0 bridgehead atoms. The zero-order valence-corrected chi connectivity index (χ0v) is 11.6. The van der Waals surface area contributed by atoms with E-state index in [1.807, 2.05) is 0 Å². The van der Waals surface area contributed by atoms with Crippen molar-refractivity contribution >= 4 is 81.4 Å².